The van der Waals surface area contributed by atoms with Crippen molar-refractivity contribution in [2.24, 2.45) is 0 Å². The van der Waals surface area contributed by atoms with E-state index in [9.17, 15) is 18.9 Å². The highest BCUT2D eigenvalue weighted by Crippen LogP contribution is 2.44. The van der Waals surface area contributed by atoms with Crippen molar-refractivity contribution < 1.29 is 27.9 Å². The average molecular weight is 368 g/mol. The van der Waals surface area contributed by atoms with Crippen molar-refractivity contribution in [3.8, 4) is 5.75 Å². The number of anilines is 2. The maximum Gasteiger partial charge on any atom is 0.334 e. The number of hydrogen-bond acceptors (Lipinski definition) is 6. The zero-order valence-electron chi connectivity index (χ0n) is 14.6. The minimum absolute atomic E-state index is 0.0708. The van der Waals surface area contributed by atoms with Crippen molar-refractivity contribution in [2.45, 2.75) is 13.2 Å². The molecule has 0 radical (unpaired) electrons. The summed E-state index contributed by atoms with van der Waals surface area (Å²) in [6.45, 7) is 1.69. The van der Waals surface area contributed by atoms with Crippen LogP contribution in [0.1, 0.15) is 17.4 Å². The first-order valence-electron chi connectivity index (χ1n) is 7.47. The second kappa shape index (κ2) is 8.07. The third-order valence-corrected chi connectivity index (χ3v) is 3.71. The highest BCUT2D eigenvalue weighted by atomic mass is 19.1. The predicted octanol–water partition coefficient (Wildman–Crippen LogP) is 4.23. The Morgan fingerprint density at radius 2 is 1.77 bits per heavy atom. The van der Waals surface area contributed by atoms with Crippen molar-refractivity contribution in [2.75, 3.05) is 26.6 Å². The van der Waals surface area contributed by atoms with Gasteiger partial charge in [0.15, 0.2) is 6.29 Å². The largest absolute Gasteiger partial charge is 0.490 e. The topological polar surface area (TPSA) is 82.9 Å². The quantitative estimate of drug-likeness (QED) is 0.447. The summed E-state index contributed by atoms with van der Waals surface area (Å²) in [6.07, 6.45) is -1.25. The number of nitro groups is 1. The molecule has 26 heavy (non-hydrogen) atoms. The van der Waals surface area contributed by atoms with Gasteiger partial charge in [0.1, 0.15) is 17.3 Å². The monoisotopic (exact) mass is 368 g/mol. The second-order valence-electron chi connectivity index (χ2n) is 5.37. The Morgan fingerprint density at radius 3 is 2.27 bits per heavy atom. The molecule has 7 nitrogen and oxygen atoms in total. The van der Waals surface area contributed by atoms with Crippen molar-refractivity contribution in [1.29, 1.82) is 0 Å². The number of methoxy groups -OCH3 is 3. The molecule has 9 heteroatoms. The van der Waals surface area contributed by atoms with Gasteiger partial charge in [-0.1, -0.05) is 6.07 Å². The van der Waals surface area contributed by atoms with Crippen LogP contribution in [0.3, 0.4) is 0 Å². The van der Waals surface area contributed by atoms with E-state index in [0.29, 0.717) is 5.56 Å². The molecule has 0 saturated heterocycles. The molecule has 2 aromatic carbocycles. The smallest absolute Gasteiger partial charge is 0.334 e. The molecule has 1 N–H and O–H groups in total. The normalized spacial score (nSPS) is 10.9. The fraction of sp³-hybridized carbons (Fsp3) is 0.294. The van der Waals surface area contributed by atoms with Gasteiger partial charge in [0.25, 0.3) is 0 Å². The van der Waals surface area contributed by atoms with Gasteiger partial charge in [-0.2, -0.15) is 0 Å². The Hall–Kier alpha value is -2.78. The lowest BCUT2D eigenvalue weighted by Crippen LogP contribution is -2.13. The van der Waals surface area contributed by atoms with Crippen LogP contribution in [0.4, 0.5) is 25.8 Å². The third kappa shape index (κ3) is 3.73. The van der Waals surface area contributed by atoms with Gasteiger partial charge in [0.2, 0.25) is 5.75 Å². The number of benzene rings is 2. The van der Waals surface area contributed by atoms with Gasteiger partial charge in [-0.25, -0.2) is 8.78 Å². The molecular formula is C17H18F2N2O5. The zero-order valence-corrected chi connectivity index (χ0v) is 14.6. The van der Waals surface area contributed by atoms with Gasteiger partial charge in [-0.3, -0.25) is 10.1 Å². The summed E-state index contributed by atoms with van der Waals surface area (Å²) in [5, 5.41) is 14.2. The molecule has 0 spiro atoms. The molecule has 0 unspecified atom stereocenters. The first kappa shape index (κ1) is 19.5. The Balaban J connectivity index is 2.76. The third-order valence-electron chi connectivity index (χ3n) is 3.71. The molecule has 0 heterocycles. The van der Waals surface area contributed by atoms with E-state index in [4.69, 9.17) is 14.2 Å². The number of hydrogen-bond donors (Lipinski definition) is 1. The Kier molecular flexibility index (Phi) is 6.06. The van der Waals surface area contributed by atoms with Crippen molar-refractivity contribution in [3.63, 3.8) is 0 Å². The molecule has 140 valence electrons. The van der Waals surface area contributed by atoms with E-state index in [2.05, 4.69) is 5.32 Å². The van der Waals surface area contributed by atoms with Crippen LogP contribution in [-0.4, -0.2) is 26.3 Å². The lowest BCUT2D eigenvalue weighted by atomic mass is 10.1. The molecule has 0 saturated carbocycles. The molecule has 0 bridgehead atoms. The molecule has 0 amide bonds. The van der Waals surface area contributed by atoms with E-state index in [1.165, 1.54) is 33.5 Å². The summed E-state index contributed by atoms with van der Waals surface area (Å²) in [7, 11) is 3.67. The first-order valence-corrected chi connectivity index (χ1v) is 7.47. The highest BCUT2D eigenvalue weighted by molar-refractivity contribution is 5.78. The minimum Gasteiger partial charge on any atom is -0.490 e. The number of ether oxygens (including phenoxy) is 3. The molecule has 0 fully saturated rings. The molecule has 0 aliphatic rings. The Bertz CT molecular complexity index is 825. The fourth-order valence-corrected chi connectivity index (χ4v) is 2.51. The molecule has 0 aromatic heterocycles. The standard InChI is InChI=1S/C17H18F2N2O5/c1-9-5-6-12(10(18)7-9)20-15-14(17(25-3)26-4)11(19)8-13(24-2)16(15)21(22)23/h5-8,17,20H,1-4H3. The lowest BCUT2D eigenvalue weighted by Gasteiger charge is -2.20. The van der Waals surface area contributed by atoms with Crippen molar-refractivity contribution in [3.05, 3.63) is 57.1 Å². The lowest BCUT2D eigenvalue weighted by molar-refractivity contribution is -0.385. The predicted molar refractivity (Wildman–Crippen MR) is 90.8 cm³/mol. The number of rotatable bonds is 7. The summed E-state index contributed by atoms with van der Waals surface area (Å²) in [6, 6.07) is 5.10. The SMILES string of the molecule is COc1cc(F)c(C(OC)OC)c(Nc2ccc(C)cc2F)c1[N+](=O)[O-]. The molecular weight excluding hydrogens is 350 g/mol. The molecule has 2 rings (SSSR count). The molecule has 0 atom stereocenters. The van der Waals surface area contributed by atoms with Gasteiger partial charge >= 0.3 is 5.69 Å². The van der Waals surface area contributed by atoms with Gasteiger partial charge in [0.05, 0.1) is 23.3 Å². The molecule has 2 aromatic rings. The number of nitrogens with zero attached hydrogens (tertiary/aromatic N) is 1. The summed E-state index contributed by atoms with van der Waals surface area (Å²) in [4.78, 5) is 10.8. The van der Waals surface area contributed by atoms with E-state index < -0.39 is 28.5 Å². The van der Waals surface area contributed by atoms with Crippen LogP contribution in [0.25, 0.3) is 0 Å². The van der Waals surface area contributed by atoms with Crippen molar-refractivity contribution >= 4 is 17.1 Å². The van der Waals surface area contributed by atoms with Crippen LogP contribution >= 0.6 is 0 Å². The van der Waals surface area contributed by atoms with E-state index >= 15 is 0 Å². The minimum atomic E-state index is -1.25. The maximum atomic E-state index is 14.6. The van der Waals surface area contributed by atoms with Crippen LogP contribution < -0.4 is 10.1 Å². The van der Waals surface area contributed by atoms with E-state index in [-0.39, 0.29) is 22.7 Å². The highest BCUT2D eigenvalue weighted by Gasteiger charge is 2.32. The van der Waals surface area contributed by atoms with E-state index in [1.807, 2.05) is 0 Å². The number of nitro benzene ring substituents is 1. The summed E-state index contributed by atoms with van der Waals surface area (Å²) >= 11 is 0. The molecule has 0 aliphatic heterocycles. The van der Waals surface area contributed by atoms with Gasteiger partial charge in [-0.05, 0) is 24.6 Å². The molecule has 0 aliphatic carbocycles. The summed E-state index contributed by atoms with van der Waals surface area (Å²) in [5.41, 5.74) is -0.571. The zero-order chi connectivity index (χ0) is 19.4. The van der Waals surface area contributed by atoms with E-state index in [1.54, 1.807) is 13.0 Å². The number of nitrogens with one attached hydrogen (secondary N) is 1. The summed E-state index contributed by atoms with van der Waals surface area (Å²) in [5.74, 6) is -1.84. The van der Waals surface area contributed by atoms with Gasteiger partial charge < -0.3 is 19.5 Å². The van der Waals surface area contributed by atoms with E-state index in [0.717, 1.165) is 6.07 Å². The average Bonchev–Trinajstić information content (AvgIpc) is 2.59. The van der Waals surface area contributed by atoms with Crippen LogP contribution in [0, 0.1) is 28.7 Å². The fourth-order valence-electron chi connectivity index (χ4n) is 2.51. The Morgan fingerprint density at radius 1 is 1.12 bits per heavy atom. The van der Waals surface area contributed by atoms with Gasteiger partial charge in [0, 0.05) is 20.3 Å². The van der Waals surface area contributed by atoms with Crippen LogP contribution in [0.5, 0.6) is 5.75 Å². The van der Waals surface area contributed by atoms with Crippen LogP contribution in [-0.2, 0) is 9.47 Å². The Labute approximate surface area is 148 Å². The first-order chi connectivity index (χ1) is 12.3. The number of aryl methyl sites for hydroxylation is 1. The van der Waals surface area contributed by atoms with Gasteiger partial charge in [-0.15, -0.1) is 0 Å². The maximum absolute atomic E-state index is 14.6. The second-order valence-corrected chi connectivity index (χ2v) is 5.37. The van der Waals surface area contributed by atoms with Crippen molar-refractivity contribution in [1.82, 2.24) is 0 Å². The summed E-state index contributed by atoms with van der Waals surface area (Å²) < 4.78 is 43.9. The van der Waals surface area contributed by atoms with Crippen LogP contribution in [0.15, 0.2) is 24.3 Å². The van der Waals surface area contributed by atoms with Crippen LogP contribution in [0.2, 0.25) is 0 Å². The number of halogens is 2.